The van der Waals surface area contributed by atoms with Crippen molar-refractivity contribution in [2.75, 3.05) is 0 Å². The highest BCUT2D eigenvalue weighted by molar-refractivity contribution is 5.76. The van der Waals surface area contributed by atoms with Crippen LogP contribution in [0.15, 0.2) is 36.7 Å². The van der Waals surface area contributed by atoms with Crippen molar-refractivity contribution in [2.24, 2.45) is 7.05 Å². The van der Waals surface area contributed by atoms with Gasteiger partial charge in [0, 0.05) is 25.9 Å². The van der Waals surface area contributed by atoms with E-state index in [1.807, 2.05) is 11.6 Å². The van der Waals surface area contributed by atoms with Gasteiger partial charge in [0.05, 0.1) is 0 Å². The minimum atomic E-state index is -0.442. The van der Waals surface area contributed by atoms with E-state index >= 15 is 0 Å². The molecule has 0 aliphatic carbocycles. The van der Waals surface area contributed by atoms with E-state index in [1.54, 1.807) is 31.5 Å². The third-order valence-electron chi connectivity index (χ3n) is 2.93. The van der Waals surface area contributed by atoms with E-state index in [9.17, 15) is 9.18 Å². The van der Waals surface area contributed by atoms with Gasteiger partial charge in [-0.1, -0.05) is 19.1 Å². The lowest BCUT2D eigenvalue weighted by molar-refractivity contribution is -0.121. The van der Waals surface area contributed by atoms with Gasteiger partial charge in [-0.15, -0.1) is 0 Å². The maximum atomic E-state index is 13.3. The fourth-order valence-electron chi connectivity index (χ4n) is 1.90. The van der Waals surface area contributed by atoms with Gasteiger partial charge in [0.2, 0.25) is 5.91 Å². The third kappa shape index (κ3) is 2.99. The number of hydrogen-bond acceptors (Lipinski definition) is 2. The van der Waals surface area contributed by atoms with E-state index in [4.69, 9.17) is 0 Å². The van der Waals surface area contributed by atoms with E-state index < -0.39 is 6.04 Å². The molecule has 2 rings (SSSR count). The molecule has 0 unspecified atom stereocenters. The molecule has 1 N–H and O–H groups in total. The molecule has 0 aliphatic rings. The van der Waals surface area contributed by atoms with Crippen molar-refractivity contribution in [3.63, 3.8) is 0 Å². The topological polar surface area (TPSA) is 46.9 Å². The molecule has 100 valence electrons. The van der Waals surface area contributed by atoms with Gasteiger partial charge in [-0.25, -0.2) is 9.37 Å². The Bertz CT molecular complexity index is 580. The molecule has 0 saturated heterocycles. The monoisotopic (exact) mass is 261 g/mol. The quantitative estimate of drug-likeness (QED) is 0.917. The molecule has 5 heteroatoms. The number of rotatable bonds is 4. The maximum Gasteiger partial charge on any atom is 0.220 e. The van der Waals surface area contributed by atoms with Gasteiger partial charge < -0.3 is 9.88 Å². The molecule has 1 heterocycles. The van der Waals surface area contributed by atoms with Gasteiger partial charge in [0.25, 0.3) is 0 Å². The Morgan fingerprint density at radius 2 is 2.32 bits per heavy atom. The van der Waals surface area contributed by atoms with Gasteiger partial charge in [-0.3, -0.25) is 4.79 Å². The van der Waals surface area contributed by atoms with Crippen molar-refractivity contribution in [3.05, 3.63) is 53.9 Å². The lowest BCUT2D eigenvalue weighted by atomic mass is 10.1. The fraction of sp³-hybridized carbons (Fsp3) is 0.286. The van der Waals surface area contributed by atoms with Crippen LogP contribution < -0.4 is 5.32 Å². The number of imidazole rings is 1. The zero-order valence-electron chi connectivity index (χ0n) is 10.9. The Morgan fingerprint density at radius 3 is 2.89 bits per heavy atom. The van der Waals surface area contributed by atoms with Crippen LogP contribution in [0.5, 0.6) is 0 Å². The fourth-order valence-corrected chi connectivity index (χ4v) is 1.90. The number of halogens is 1. The minimum Gasteiger partial charge on any atom is -0.342 e. The molecule has 0 radical (unpaired) electrons. The van der Waals surface area contributed by atoms with Crippen LogP contribution in [-0.2, 0) is 11.8 Å². The van der Waals surface area contributed by atoms with Gasteiger partial charge in [-0.2, -0.15) is 0 Å². The molecular formula is C14H16FN3O. The summed E-state index contributed by atoms with van der Waals surface area (Å²) in [5, 5.41) is 2.86. The summed E-state index contributed by atoms with van der Waals surface area (Å²) in [6, 6.07) is 5.75. The Morgan fingerprint density at radius 1 is 1.53 bits per heavy atom. The highest BCUT2D eigenvalue weighted by atomic mass is 19.1. The van der Waals surface area contributed by atoms with Crippen LogP contribution in [0.1, 0.15) is 30.8 Å². The van der Waals surface area contributed by atoms with E-state index in [1.165, 1.54) is 12.1 Å². The summed E-state index contributed by atoms with van der Waals surface area (Å²) >= 11 is 0. The predicted molar refractivity (Wildman–Crippen MR) is 69.9 cm³/mol. The van der Waals surface area contributed by atoms with Crippen molar-refractivity contribution in [2.45, 2.75) is 19.4 Å². The summed E-state index contributed by atoms with van der Waals surface area (Å²) in [6.07, 6.45) is 3.82. The maximum absolute atomic E-state index is 13.3. The molecule has 19 heavy (non-hydrogen) atoms. The van der Waals surface area contributed by atoms with Crippen LogP contribution in [0.4, 0.5) is 4.39 Å². The number of hydrogen-bond donors (Lipinski definition) is 1. The van der Waals surface area contributed by atoms with Crippen LogP contribution in [0, 0.1) is 5.82 Å². The number of nitrogens with zero attached hydrogens (tertiary/aromatic N) is 2. The number of carbonyl (C=O) groups is 1. The lowest BCUT2D eigenvalue weighted by Crippen LogP contribution is -2.30. The molecule has 1 aromatic carbocycles. The van der Waals surface area contributed by atoms with Gasteiger partial charge in [0.1, 0.15) is 17.7 Å². The summed E-state index contributed by atoms with van der Waals surface area (Å²) in [4.78, 5) is 15.9. The molecule has 1 atom stereocenters. The first-order chi connectivity index (χ1) is 9.11. The summed E-state index contributed by atoms with van der Waals surface area (Å²) in [7, 11) is 1.84. The highest BCUT2D eigenvalue weighted by Crippen LogP contribution is 2.21. The SMILES string of the molecule is CCC(=O)N[C@H](c1cccc(F)c1)c1nccn1C. The summed E-state index contributed by atoms with van der Waals surface area (Å²) in [6.45, 7) is 1.77. The van der Waals surface area contributed by atoms with Gasteiger partial charge in [0.15, 0.2) is 0 Å². The van der Waals surface area contributed by atoms with Crippen LogP contribution >= 0.6 is 0 Å². The van der Waals surface area contributed by atoms with E-state index in [2.05, 4.69) is 10.3 Å². The van der Waals surface area contributed by atoms with Crippen LogP contribution in [-0.4, -0.2) is 15.5 Å². The first kappa shape index (κ1) is 13.3. The molecule has 2 aromatic rings. The Hall–Kier alpha value is -2.17. The average Bonchev–Trinajstić information content (AvgIpc) is 2.81. The molecule has 0 spiro atoms. The largest absolute Gasteiger partial charge is 0.342 e. The second-order valence-electron chi connectivity index (χ2n) is 4.31. The van der Waals surface area contributed by atoms with Crippen LogP contribution in [0.2, 0.25) is 0 Å². The Kier molecular flexibility index (Phi) is 3.94. The van der Waals surface area contributed by atoms with E-state index in [0.717, 1.165) is 0 Å². The number of benzene rings is 1. The van der Waals surface area contributed by atoms with Gasteiger partial charge in [-0.05, 0) is 17.7 Å². The molecule has 1 aromatic heterocycles. The minimum absolute atomic E-state index is 0.0998. The molecule has 1 amide bonds. The normalized spacial score (nSPS) is 12.2. The molecule has 0 saturated carbocycles. The molecule has 4 nitrogen and oxygen atoms in total. The Labute approximate surface area is 111 Å². The van der Waals surface area contributed by atoms with Crippen LogP contribution in [0.25, 0.3) is 0 Å². The smallest absolute Gasteiger partial charge is 0.220 e. The lowest BCUT2D eigenvalue weighted by Gasteiger charge is -2.18. The second-order valence-corrected chi connectivity index (χ2v) is 4.31. The second kappa shape index (κ2) is 5.65. The number of amides is 1. The van der Waals surface area contributed by atoms with Crippen molar-refractivity contribution in [1.82, 2.24) is 14.9 Å². The number of aryl methyl sites for hydroxylation is 1. The van der Waals surface area contributed by atoms with Crippen molar-refractivity contribution < 1.29 is 9.18 Å². The zero-order chi connectivity index (χ0) is 13.8. The number of aromatic nitrogens is 2. The molecule has 0 bridgehead atoms. The number of nitrogens with one attached hydrogen (secondary N) is 1. The molecule has 0 aliphatic heterocycles. The van der Waals surface area contributed by atoms with E-state index in [0.29, 0.717) is 17.8 Å². The summed E-state index contributed by atoms with van der Waals surface area (Å²) in [5.74, 6) is 0.243. The Balaban J connectivity index is 2.40. The summed E-state index contributed by atoms with van der Waals surface area (Å²) < 4.78 is 15.2. The highest BCUT2D eigenvalue weighted by Gasteiger charge is 2.20. The van der Waals surface area contributed by atoms with Crippen molar-refractivity contribution in [1.29, 1.82) is 0 Å². The summed E-state index contributed by atoms with van der Waals surface area (Å²) in [5.41, 5.74) is 0.677. The standard InChI is InChI=1S/C14H16FN3O/c1-3-12(19)17-13(14-16-7-8-18(14)2)10-5-4-6-11(15)9-10/h4-9,13H,3H2,1-2H3,(H,17,19)/t13-/m1/s1. The van der Waals surface area contributed by atoms with Crippen molar-refractivity contribution >= 4 is 5.91 Å². The third-order valence-corrected chi connectivity index (χ3v) is 2.93. The predicted octanol–water partition coefficient (Wildman–Crippen LogP) is 2.17. The molecule has 0 fully saturated rings. The van der Waals surface area contributed by atoms with E-state index in [-0.39, 0.29) is 11.7 Å². The zero-order valence-corrected chi connectivity index (χ0v) is 10.9. The van der Waals surface area contributed by atoms with Crippen LogP contribution in [0.3, 0.4) is 0 Å². The van der Waals surface area contributed by atoms with Crippen molar-refractivity contribution in [3.8, 4) is 0 Å². The first-order valence-electron chi connectivity index (χ1n) is 6.14. The first-order valence-corrected chi connectivity index (χ1v) is 6.14. The molecular weight excluding hydrogens is 245 g/mol. The average molecular weight is 261 g/mol. The number of carbonyl (C=O) groups excluding carboxylic acids is 1. The van der Waals surface area contributed by atoms with Gasteiger partial charge >= 0.3 is 0 Å².